The molecule has 22 heavy (non-hydrogen) atoms. The molecule has 124 valence electrons. The van der Waals surface area contributed by atoms with E-state index in [1.807, 2.05) is 0 Å². The summed E-state index contributed by atoms with van der Waals surface area (Å²) in [4.78, 5) is 4.14. The largest absolute Gasteiger partial charge is 0.381 e. The highest BCUT2D eigenvalue weighted by molar-refractivity contribution is 7.92. The number of pyridine rings is 1. The van der Waals surface area contributed by atoms with Crippen molar-refractivity contribution < 1.29 is 13.2 Å². The van der Waals surface area contributed by atoms with Gasteiger partial charge < -0.3 is 10.1 Å². The molecular formula is C16H26N2O3S. The van der Waals surface area contributed by atoms with E-state index in [1.165, 1.54) is 0 Å². The molecule has 0 radical (unpaired) electrons. The summed E-state index contributed by atoms with van der Waals surface area (Å²) < 4.78 is 29.3. The lowest BCUT2D eigenvalue weighted by Gasteiger charge is -2.29. The van der Waals surface area contributed by atoms with Gasteiger partial charge in [0.05, 0.1) is 22.7 Å². The van der Waals surface area contributed by atoms with Crippen molar-refractivity contribution >= 4 is 15.5 Å². The first kappa shape index (κ1) is 17.2. The normalized spacial score (nSPS) is 23.3. The van der Waals surface area contributed by atoms with E-state index >= 15 is 0 Å². The maximum absolute atomic E-state index is 12.3. The van der Waals surface area contributed by atoms with Crippen LogP contribution in [0.2, 0.25) is 0 Å². The molecule has 2 unspecified atom stereocenters. The van der Waals surface area contributed by atoms with E-state index in [0.717, 1.165) is 31.4 Å². The molecule has 1 fully saturated rings. The Bertz CT molecular complexity index is 591. The molecule has 1 aliphatic rings. The first-order chi connectivity index (χ1) is 10.2. The summed E-state index contributed by atoms with van der Waals surface area (Å²) in [5.41, 5.74) is 0.856. The Balaban J connectivity index is 2.07. The summed E-state index contributed by atoms with van der Waals surface area (Å²) in [7, 11) is -1.65. The molecule has 1 aromatic rings. The molecule has 1 N–H and O–H groups in total. The summed E-state index contributed by atoms with van der Waals surface area (Å²) in [6.45, 7) is 5.05. The van der Waals surface area contributed by atoms with Gasteiger partial charge in [-0.2, -0.15) is 0 Å². The first-order valence-electron chi connectivity index (χ1n) is 7.74. The molecule has 6 heteroatoms. The third kappa shape index (κ3) is 3.79. The van der Waals surface area contributed by atoms with Gasteiger partial charge in [0.2, 0.25) is 0 Å². The second kappa shape index (κ2) is 6.54. The van der Waals surface area contributed by atoms with Crippen LogP contribution in [-0.2, 0) is 14.6 Å². The van der Waals surface area contributed by atoms with Gasteiger partial charge in [0, 0.05) is 13.2 Å². The smallest absolute Gasteiger partial charge is 0.200 e. The van der Waals surface area contributed by atoms with Crippen LogP contribution in [0.1, 0.15) is 46.5 Å². The number of sulfone groups is 1. The number of hydrogen-bond donors (Lipinski definition) is 1. The standard InChI is InChI=1S/C16H26N2O3S/c1-16(2,3)22(19,20)15-9-8-13(11-17-15)18-12-6-5-7-14(10-12)21-4/h8-9,11-12,14,18H,5-7,10H2,1-4H3. The van der Waals surface area contributed by atoms with Crippen molar-refractivity contribution in [1.82, 2.24) is 4.98 Å². The number of aromatic nitrogens is 1. The van der Waals surface area contributed by atoms with E-state index in [-0.39, 0.29) is 5.03 Å². The zero-order valence-corrected chi connectivity index (χ0v) is 14.6. The van der Waals surface area contributed by atoms with Gasteiger partial charge in [-0.05, 0) is 58.6 Å². The Morgan fingerprint density at radius 2 is 2.00 bits per heavy atom. The number of rotatable bonds is 4. The lowest BCUT2D eigenvalue weighted by molar-refractivity contribution is 0.0669. The van der Waals surface area contributed by atoms with Crippen LogP contribution in [0.5, 0.6) is 0 Å². The van der Waals surface area contributed by atoms with Gasteiger partial charge in [0.1, 0.15) is 0 Å². The second-order valence-electron chi connectivity index (χ2n) is 6.87. The van der Waals surface area contributed by atoms with Gasteiger partial charge in [-0.3, -0.25) is 0 Å². The van der Waals surface area contributed by atoms with Crippen LogP contribution in [0, 0.1) is 0 Å². The number of ether oxygens (including phenoxy) is 1. The Morgan fingerprint density at radius 3 is 2.55 bits per heavy atom. The fraction of sp³-hybridized carbons (Fsp3) is 0.688. The van der Waals surface area contributed by atoms with Crippen molar-refractivity contribution in [3.8, 4) is 0 Å². The molecule has 0 bridgehead atoms. The van der Waals surface area contributed by atoms with Crippen molar-refractivity contribution in [2.45, 2.75) is 68.4 Å². The van der Waals surface area contributed by atoms with Crippen molar-refractivity contribution in [1.29, 1.82) is 0 Å². The quantitative estimate of drug-likeness (QED) is 0.921. The molecule has 1 saturated carbocycles. The van der Waals surface area contributed by atoms with Crippen molar-refractivity contribution in [3.63, 3.8) is 0 Å². The molecule has 2 rings (SSSR count). The SMILES string of the molecule is COC1CCCC(Nc2ccc(S(=O)(=O)C(C)(C)C)nc2)C1. The van der Waals surface area contributed by atoms with Gasteiger partial charge in [-0.15, -0.1) is 0 Å². The molecular weight excluding hydrogens is 300 g/mol. The zero-order chi connectivity index (χ0) is 16.4. The van der Waals surface area contributed by atoms with E-state index < -0.39 is 14.6 Å². The van der Waals surface area contributed by atoms with Gasteiger partial charge >= 0.3 is 0 Å². The highest BCUT2D eigenvalue weighted by Crippen LogP contribution is 2.26. The molecule has 0 spiro atoms. The molecule has 0 aliphatic heterocycles. The van der Waals surface area contributed by atoms with E-state index in [4.69, 9.17) is 4.74 Å². The second-order valence-corrected chi connectivity index (χ2v) is 9.52. The number of anilines is 1. The number of nitrogens with zero attached hydrogens (tertiary/aromatic N) is 1. The minimum absolute atomic E-state index is 0.129. The Labute approximate surface area is 133 Å². The van der Waals surface area contributed by atoms with Crippen LogP contribution in [0.3, 0.4) is 0 Å². The fourth-order valence-corrected chi connectivity index (χ4v) is 3.73. The van der Waals surface area contributed by atoms with E-state index in [1.54, 1.807) is 46.2 Å². The minimum atomic E-state index is -3.40. The van der Waals surface area contributed by atoms with Gasteiger partial charge in [-0.25, -0.2) is 13.4 Å². The molecule has 1 aromatic heterocycles. The van der Waals surface area contributed by atoms with Crippen molar-refractivity contribution in [2.75, 3.05) is 12.4 Å². The van der Waals surface area contributed by atoms with Crippen LogP contribution >= 0.6 is 0 Å². The predicted molar refractivity (Wildman–Crippen MR) is 87.9 cm³/mol. The summed E-state index contributed by atoms with van der Waals surface area (Å²) in [6, 6.07) is 3.73. The molecule has 1 heterocycles. The highest BCUT2D eigenvalue weighted by atomic mass is 32.2. The van der Waals surface area contributed by atoms with Gasteiger partial charge in [-0.1, -0.05) is 0 Å². The molecule has 0 aromatic carbocycles. The van der Waals surface area contributed by atoms with Gasteiger partial charge in [0.25, 0.3) is 0 Å². The maximum Gasteiger partial charge on any atom is 0.200 e. The third-order valence-electron chi connectivity index (χ3n) is 4.15. The van der Waals surface area contributed by atoms with Crippen LogP contribution in [0.15, 0.2) is 23.4 Å². The van der Waals surface area contributed by atoms with Crippen LogP contribution in [0.25, 0.3) is 0 Å². The van der Waals surface area contributed by atoms with E-state index in [0.29, 0.717) is 12.1 Å². The summed E-state index contributed by atoms with van der Waals surface area (Å²) >= 11 is 0. The van der Waals surface area contributed by atoms with Crippen LogP contribution in [0.4, 0.5) is 5.69 Å². The summed E-state index contributed by atoms with van der Waals surface area (Å²) in [6.07, 6.45) is 6.23. The predicted octanol–water partition coefficient (Wildman–Crippen LogP) is 3.02. The van der Waals surface area contributed by atoms with Crippen molar-refractivity contribution in [3.05, 3.63) is 18.3 Å². The minimum Gasteiger partial charge on any atom is -0.381 e. The third-order valence-corrected chi connectivity index (χ3v) is 6.55. The number of methoxy groups -OCH3 is 1. The summed E-state index contributed by atoms with van der Waals surface area (Å²) in [5, 5.41) is 3.55. The van der Waals surface area contributed by atoms with E-state index in [9.17, 15) is 8.42 Å². The molecule has 1 aliphatic carbocycles. The topological polar surface area (TPSA) is 68.3 Å². The zero-order valence-electron chi connectivity index (χ0n) is 13.8. The Hall–Kier alpha value is -1.14. The first-order valence-corrected chi connectivity index (χ1v) is 9.22. The monoisotopic (exact) mass is 326 g/mol. The van der Waals surface area contributed by atoms with Crippen LogP contribution < -0.4 is 5.32 Å². The molecule has 5 nitrogen and oxygen atoms in total. The average Bonchev–Trinajstić information content (AvgIpc) is 2.47. The summed E-state index contributed by atoms with van der Waals surface area (Å²) in [5.74, 6) is 0. The average molecular weight is 326 g/mol. The Morgan fingerprint density at radius 1 is 1.27 bits per heavy atom. The lowest BCUT2D eigenvalue weighted by Crippen LogP contribution is -2.31. The van der Waals surface area contributed by atoms with E-state index in [2.05, 4.69) is 10.3 Å². The molecule has 0 amide bonds. The highest BCUT2D eigenvalue weighted by Gasteiger charge is 2.32. The molecule has 2 atom stereocenters. The fourth-order valence-electron chi connectivity index (χ4n) is 2.66. The van der Waals surface area contributed by atoms with Crippen LogP contribution in [-0.4, -0.2) is 37.4 Å². The number of hydrogen-bond acceptors (Lipinski definition) is 5. The van der Waals surface area contributed by atoms with Gasteiger partial charge in [0.15, 0.2) is 14.9 Å². The maximum atomic E-state index is 12.3. The Kier molecular flexibility index (Phi) is 5.12. The lowest BCUT2D eigenvalue weighted by atomic mass is 9.93. The number of nitrogens with one attached hydrogen (secondary N) is 1. The van der Waals surface area contributed by atoms with Crippen molar-refractivity contribution in [2.24, 2.45) is 0 Å². The molecule has 0 saturated heterocycles.